The topological polar surface area (TPSA) is 64.9 Å². The third-order valence-electron chi connectivity index (χ3n) is 4.63. The molecule has 0 radical (unpaired) electrons. The highest BCUT2D eigenvalue weighted by molar-refractivity contribution is 9.10. The molecule has 0 atom stereocenters. The number of ether oxygens (including phenoxy) is 1. The standard InChI is InChI=1S/C23H21BrFN5OS/c24-19-10-11-22(31-16-17-6-4-5-9-21(17)25)18(14-19)15-26-12-13-32-23-27-28-29-30(23)20-7-2-1-3-8-20/h1-11,14,26H,12-13,15-16H2. The van der Waals surface area contributed by atoms with Crippen molar-refractivity contribution < 1.29 is 9.13 Å². The van der Waals surface area contributed by atoms with E-state index in [-0.39, 0.29) is 12.4 Å². The number of tetrazole rings is 1. The fourth-order valence-electron chi connectivity index (χ4n) is 3.04. The molecule has 164 valence electrons. The number of rotatable bonds is 10. The maximum absolute atomic E-state index is 13.9. The summed E-state index contributed by atoms with van der Waals surface area (Å²) in [5, 5.41) is 16.1. The molecule has 9 heteroatoms. The van der Waals surface area contributed by atoms with Gasteiger partial charge in [0.2, 0.25) is 5.16 Å². The summed E-state index contributed by atoms with van der Waals surface area (Å²) < 4.78 is 22.5. The van der Waals surface area contributed by atoms with Crippen molar-refractivity contribution in [3.8, 4) is 11.4 Å². The molecule has 6 nitrogen and oxygen atoms in total. The Balaban J connectivity index is 1.30. The third-order valence-corrected chi connectivity index (χ3v) is 6.04. The molecule has 0 amide bonds. The highest BCUT2D eigenvalue weighted by atomic mass is 79.9. The second kappa shape index (κ2) is 11.2. The number of nitrogens with zero attached hydrogens (tertiary/aromatic N) is 4. The fourth-order valence-corrected chi connectivity index (χ4v) is 4.23. The van der Waals surface area contributed by atoms with E-state index in [0.29, 0.717) is 12.1 Å². The van der Waals surface area contributed by atoms with Crippen LogP contribution in [0.1, 0.15) is 11.1 Å². The number of halogens is 2. The Morgan fingerprint density at radius 1 is 1.00 bits per heavy atom. The van der Waals surface area contributed by atoms with Crippen LogP contribution in [0.25, 0.3) is 5.69 Å². The maximum Gasteiger partial charge on any atom is 0.214 e. The summed E-state index contributed by atoms with van der Waals surface area (Å²) >= 11 is 5.09. The zero-order valence-electron chi connectivity index (χ0n) is 17.1. The zero-order valence-corrected chi connectivity index (χ0v) is 19.5. The largest absolute Gasteiger partial charge is 0.488 e. The van der Waals surface area contributed by atoms with E-state index in [2.05, 4.69) is 36.8 Å². The summed E-state index contributed by atoms with van der Waals surface area (Å²) in [5.74, 6) is 1.26. The van der Waals surface area contributed by atoms with Gasteiger partial charge in [-0.25, -0.2) is 4.39 Å². The van der Waals surface area contributed by atoms with E-state index in [1.807, 2.05) is 48.5 Å². The number of nitrogens with one attached hydrogen (secondary N) is 1. The van der Waals surface area contributed by atoms with Gasteiger partial charge in [-0.3, -0.25) is 0 Å². The Labute approximate surface area is 198 Å². The van der Waals surface area contributed by atoms with E-state index in [9.17, 15) is 4.39 Å². The van der Waals surface area contributed by atoms with Crippen LogP contribution < -0.4 is 10.1 Å². The lowest BCUT2D eigenvalue weighted by Crippen LogP contribution is -2.17. The summed E-state index contributed by atoms with van der Waals surface area (Å²) in [6.07, 6.45) is 0. The van der Waals surface area contributed by atoms with Crippen LogP contribution in [0.4, 0.5) is 4.39 Å². The molecule has 1 aromatic heterocycles. The number of hydrogen-bond acceptors (Lipinski definition) is 6. The average Bonchev–Trinajstić information content (AvgIpc) is 3.28. The molecule has 1 heterocycles. The second-order valence-electron chi connectivity index (χ2n) is 6.87. The van der Waals surface area contributed by atoms with Crippen LogP contribution in [0.2, 0.25) is 0 Å². The molecule has 0 aliphatic heterocycles. The SMILES string of the molecule is Fc1ccccc1COc1ccc(Br)cc1CNCCSc1nnnn1-c1ccccc1. The minimum atomic E-state index is -0.265. The van der Waals surface area contributed by atoms with E-state index < -0.39 is 0 Å². The van der Waals surface area contributed by atoms with E-state index in [1.54, 1.807) is 34.6 Å². The first kappa shape index (κ1) is 22.4. The predicted octanol–water partition coefficient (Wildman–Crippen LogP) is 5.02. The summed E-state index contributed by atoms with van der Waals surface area (Å²) in [5.41, 5.74) is 2.45. The smallest absolute Gasteiger partial charge is 0.214 e. The van der Waals surface area contributed by atoms with Gasteiger partial charge in [0, 0.05) is 34.4 Å². The molecule has 0 spiro atoms. The van der Waals surface area contributed by atoms with Crippen LogP contribution in [-0.4, -0.2) is 32.5 Å². The Bertz CT molecular complexity index is 1160. The molecule has 32 heavy (non-hydrogen) atoms. The van der Waals surface area contributed by atoms with Gasteiger partial charge < -0.3 is 10.1 Å². The Hall–Kier alpha value is -2.75. The predicted molar refractivity (Wildman–Crippen MR) is 126 cm³/mol. The molecule has 3 aromatic carbocycles. The van der Waals surface area contributed by atoms with Crippen LogP contribution in [0, 0.1) is 5.82 Å². The molecule has 0 unspecified atom stereocenters. The van der Waals surface area contributed by atoms with E-state index in [0.717, 1.165) is 38.9 Å². The minimum absolute atomic E-state index is 0.180. The van der Waals surface area contributed by atoms with E-state index in [4.69, 9.17) is 4.74 Å². The number of benzene rings is 3. The van der Waals surface area contributed by atoms with Gasteiger partial charge in [-0.2, -0.15) is 4.68 Å². The monoisotopic (exact) mass is 513 g/mol. The Kier molecular flexibility index (Phi) is 7.87. The van der Waals surface area contributed by atoms with Crippen molar-refractivity contribution in [3.63, 3.8) is 0 Å². The lowest BCUT2D eigenvalue weighted by molar-refractivity contribution is 0.296. The highest BCUT2D eigenvalue weighted by Gasteiger charge is 2.10. The molecule has 0 aliphatic carbocycles. The second-order valence-corrected chi connectivity index (χ2v) is 8.84. The van der Waals surface area contributed by atoms with Crippen molar-refractivity contribution in [2.45, 2.75) is 18.3 Å². The molecule has 0 aliphatic rings. The van der Waals surface area contributed by atoms with Crippen molar-refractivity contribution in [3.05, 3.63) is 94.2 Å². The maximum atomic E-state index is 13.9. The lowest BCUT2D eigenvalue weighted by Gasteiger charge is -2.13. The van der Waals surface area contributed by atoms with Crippen LogP contribution in [0.15, 0.2) is 82.4 Å². The molecule has 4 aromatic rings. The van der Waals surface area contributed by atoms with Gasteiger partial charge in [-0.15, -0.1) is 5.10 Å². The lowest BCUT2D eigenvalue weighted by atomic mass is 10.2. The van der Waals surface area contributed by atoms with Crippen LogP contribution in [-0.2, 0) is 13.2 Å². The first-order valence-electron chi connectivity index (χ1n) is 10.0. The van der Waals surface area contributed by atoms with Gasteiger partial charge in [0.05, 0.1) is 5.69 Å². The van der Waals surface area contributed by atoms with Crippen molar-refractivity contribution >= 4 is 27.7 Å². The quantitative estimate of drug-likeness (QED) is 0.237. The Morgan fingerprint density at radius 3 is 2.66 bits per heavy atom. The molecule has 0 saturated heterocycles. The highest BCUT2D eigenvalue weighted by Crippen LogP contribution is 2.25. The molecular weight excluding hydrogens is 493 g/mol. The summed E-state index contributed by atoms with van der Waals surface area (Å²) in [6, 6.07) is 22.3. The first-order valence-corrected chi connectivity index (χ1v) is 11.8. The first-order chi connectivity index (χ1) is 15.7. The molecule has 0 bridgehead atoms. The van der Waals surface area contributed by atoms with Crippen LogP contribution in [0.3, 0.4) is 0 Å². The van der Waals surface area contributed by atoms with Gasteiger partial charge in [0.25, 0.3) is 0 Å². The summed E-state index contributed by atoms with van der Waals surface area (Å²) in [6.45, 7) is 1.56. The number of aromatic nitrogens is 4. The molecule has 1 N–H and O–H groups in total. The number of hydrogen-bond donors (Lipinski definition) is 1. The molecule has 0 fully saturated rings. The molecule has 4 rings (SSSR count). The van der Waals surface area contributed by atoms with Crippen molar-refractivity contribution in [2.24, 2.45) is 0 Å². The van der Waals surface area contributed by atoms with E-state index in [1.165, 1.54) is 6.07 Å². The van der Waals surface area contributed by atoms with E-state index >= 15 is 0 Å². The number of para-hydroxylation sites is 1. The fraction of sp³-hybridized carbons (Fsp3) is 0.174. The van der Waals surface area contributed by atoms with Gasteiger partial charge >= 0.3 is 0 Å². The number of thioether (sulfide) groups is 1. The van der Waals surface area contributed by atoms with Crippen LogP contribution >= 0.6 is 27.7 Å². The normalized spacial score (nSPS) is 10.9. The third kappa shape index (κ3) is 5.93. The van der Waals surface area contributed by atoms with Gasteiger partial charge in [-0.05, 0) is 46.8 Å². The van der Waals surface area contributed by atoms with Gasteiger partial charge in [-0.1, -0.05) is 64.1 Å². The molecule has 0 saturated carbocycles. The van der Waals surface area contributed by atoms with Crippen molar-refractivity contribution in [2.75, 3.05) is 12.3 Å². The van der Waals surface area contributed by atoms with Crippen molar-refractivity contribution in [1.29, 1.82) is 0 Å². The van der Waals surface area contributed by atoms with Crippen LogP contribution in [0.5, 0.6) is 5.75 Å². The summed E-state index contributed by atoms with van der Waals surface area (Å²) in [7, 11) is 0. The van der Waals surface area contributed by atoms with Gasteiger partial charge in [0.15, 0.2) is 0 Å². The van der Waals surface area contributed by atoms with Crippen molar-refractivity contribution in [1.82, 2.24) is 25.5 Å². The van der Waals surface area contributed by atoms with Gasteiger partial charge in [0.1, 0.15) is 18.2 Å². The summed E-state index contributed by atoms with van der Waals surface area (Å²) in [4.78, 5) is 0. The molecular formula is C23H21BrFN5OS. The average molecular weight is 514 g/mol. The Morgan fingerprint density at radius 2 is 1.81 bits per heavy atom. The minimum Gasteiger partial charge on any atom is -0.488 e. The zero-order chi connectivity index (χ0) is 22.2.